The summed E-state index contributed by atoms with van der Waals surface area (Å²) in [5.41, 5.74) is 1.89. The normalized spacial score (nSPS) is 18.2. The highest BCUT2D eigenvalue weighted by molar-refractivity contribution is 9.10. The van der Waals surface area contributed by atoms with Crippen LogP contribution in [0.1, 0.15) is 12.0 Å². The zero-order valence-corrected chi connectivity index (χ0v) is 15.9. The van der Waals surface area contributed by atoms with E-state index in [1.165, 1.54) is 6.20 Å². The molecule has 2 heterocycles. The lowest BCUT2D eigenvalue weighted by Gasteiger charge is -2.18. The topological polar surface area (TPSA) is 105 Å². The molecule has 0 bridgehead atoms. The first-order valence-electron chi connectivity index (χ1n) is 7.08. The Morgan fingerprint density at radius 3 is 2.83 bits per heavy atom. The van der Waals surface area contributed by atoms with Crippen LogP contribution in [0.5, 0.6) is 0 Å². The van der Waals surface area contributed by atoms with E-state index in [2.05, 4.69) is 26.2 Å². The Hall–Kier alpha value is -1.49. The maximum Gasteiger partial charge on any atom is 0.249 e. The number of rotatable bonds is 4. The number of benzene rings is 1. The van der Waals surface area contributed by atoms with Crippen LogP contribution in [0, 0.1) is 6.92 Å². The molecule has 1 unspecified atom stereocenters. The average Bonchev–Trinajstić information content (AvgIpc) is 3.11. The fourth-order valence-corrected chi connectivity index (χ4v) is 4.22. The summed E-state index contributed by atoms with van der Waals surface area (Å²) in [4.78, 5) is 18.3. The highest BCUT2D eigenvalue weighted by Gasteiger charge is 2.33. The molecule has 1 saturated heterocycles. The number of nitrogens with zero attached hydrogens (tertiary/aromatic N) is 2. The maximum atomic E-state index is 12.6. The summed E-state index contributed by atoms with van der Waals surface area (Å²) in [7, 11) is -3.78. The van der Waals surface area contributed by atoms with Gasteiger partial charge in [-0.1, -0.05) is 27.3 Å². The molecule has 1 amide bonds. The number of hydrogen-bond donors (Lipinski definition) is 2. The van der Waals surface area contributed by atoms with Crippen LogP contribution in [0.2, 0.25) is 0 Å². The number of nitrogens with one attached hydrogen (secondary N) is 1. The van der Waals surface area contributed by atoms with Crippen LogP contribution in [0.4, 0.5) is 10.8 Å². The summed E-state index contributed by atoms with van der Waals surface area (Å²) < 4.78 is 23.5. The summed E-state index contributed by atoms with van der Waals surface area (Å²) in [6.45, 7) is 2.55. The molecule has 0 saturated carbocycles. The van der Waals surface area contributed by atoms with E-state index in [0.717, 1.165) is 27.1 Å². The fraction of sp³-hybridized carbons (Fsp3) is 0.286. The molecule has 0 spiro atoms. The molecule has 0 aliphatic carbocycles. The number of aromatic nitrogens is 1. The third-order valence-electron chi connectivity index (χ3n) is 3.72. The van der Waals surface area contributed by atoms with Crippen molar-refractivity contribution in [3.63, 3.8) is 0 Å². The third-order valence-corrected chi connectivity index (χ3v) is 6.95. The molecule has 2 aromatic rings. The van der Waals surface area contributed by atoms with E-state index in [4.69, 9.17) is 5.14 Å². The molecule has 7 nitrogen and oxygen atoms in total. The van der Waals surface area contributed by atoms with Gasteiger partial charge in [0.05, 0.1) is 6.20 Å². The van der Waals surface area contributed by atoms with Crippen molar-refractivity contribution in [3.8, 4) is 0 Å². The van der Waals surface area contributed by atoms with Gasteiger partial charge in [0.2, 0.25) is 15.9 Å². The molecule has 1 aromatic heterocycles. The van der Waals surface area contributed by atoms with Gasteiger partial charge in [0.1, 0.15) is 6.04 Å². The highest BCUT2D eigenvalue weighted by atomic mass is 79.9. The minimum atomic E-state index is -3.78. The fourth-order valence-electron chi connectivity index (χ4n) is 2.47. The molecule has 3 rings (SSSR count). The minimum Gasteiger partial charge on any atom is -0.350 e. The van der Waals surface area contributed by atoms with Crippen LogP contribution in [0.25, 0.3) is 0 Å². The van der Waals surface area contributed by atoms with E-state index in [-0.39, 0.29) is 10.1 Å². The molecule has 1 aromatic carbocycles. The number of carbonyl (C=O) groups is 1. The largest absolute Gasteiger partial charge is 0.350 e. The van der Waals surface area contributed by atoms with E-state index in [0.29, 0.717) is 18.1 Å². The quantitative estimate of drug-likeness (QED) is 0.771. The van der Waals surface area contributed by atoms with Crippen LogP contribution in [0.15, 0.2) is 33.1 Å². The Labute approximate surface area is 152 Å². The van der Waals surface area contributed by atoms with Crippen LogP contribution in [-0.2, 0) is 14.8 Å². The number of amides is 1. The lowest BCUT2D eigenvalue weighted by atomic mass is 10.2. The van der Waals surface area contributed by atoms with Gasteiger partial charge in [-0.3, -0.25) is 4.79 Å². The smallest absolute Gasteiger partial charge is 0.249 e. The van der Waals surface area contributed by atoms with Crippen molar-refractivity contribution in [2.75, 3.05) is 16.8 Å². The molecule has 128 valence electrons. The predicted molar refractivity (Wildman–Crippen MR) is 96.7 cm³/mol. The van der Waals surface area contributed by atoms with Gasteiger partial charge in [-0.25, -0.2) is 18.5 Å². The Bertz CT molecular complexity index is 897. The van der Waals surface area contributed by atoms with E-state index < -0.39 is 16.1 Å². The Morgan fingerprint density at radius 1 is 1.46 bits per heavy atom. The predicted octanol–water partition coefficient (Wildman–Crippen LogP) is 2.08. The van der Waals surface area contributed by atoms with Gasteiger partial charge in [-0.15, -0.1) is 0 Å². The Morgan fingerprint density at radius 2 is 2.21 bits per heavy atom. The molecule has 1 atom stereocenters. The zero-order valence-electron chi connectivity index (χ0n) is 12.7. The number of halogens is 1. The van der Waals surface area contributed by atoms with Gasteiger partial charge < -0.3 is 10.2 Å². The molecular formula is C14H15BrN4O3S2. The van der Waals surface area contributed by atoms with Crippen molar-refractivity contribution < 1.29 is 13.2 Å². The lowest BCUT2D eigenvalue weighted by Crippen LogP contribution is -2.33. The molecule has 1 aliphatic rings. The Kier molecular flexibility index (Phi) is 4.65. The maximum absolute atomic E-state index is 12.6. The Balaban J connectivity index is 1.74. The summed E-state index contributed by atoms with van der Waals surface area (Å²) in [6, 6.07) is 5.32. The van der Waals surface area contributed by atoms with Gasteiger partial charge in [-0.2, -0.15) is 0 Å². The van der Waals surface area contributed by atoms with E-state index in [1.807, 2.05) is 25.1 Å². The summed E-state index contributed by atoms with van der Waals surface area (Å²) in [5, 5.41) is 8.43. The van der Waals surface area contributed by atoms with E-state index in [1.54, 1.807) is 4.90 Å². The first kappa shape index (κ1) is 17.3. The van der Waals surface area contributed by atoms with Crippen molar-refractivity contribution in [1.82, 2.24) is 4.98 Å². The van der Waals surface area contributed by atoms with Crippen molar-refractivity contribution in [3.05, 3.63) is 34.4 Å². The number of anilines is 2. The number of sulfonamides is 1. The molecule has 1 fully saturated rings. The standard InChI is InChI=1S/C14H15BrN4O3S2/c1-8-6-9(2-3-10(8)15)19-5-4-11(13(19)20)18-14-17-7-12(23-14)24(16,21)22/h2-3,6-7,11H,4-5H2,1H3,(H,17,18)(H2,16,21,22). The lowest BCUT2D eigenvalue weighted by molar-refractivity contribution is -0.117. The minimum absolute atomic E-state index is 0.0316. The molecule has 3 N–H and O–H groups in total. The molecule has 10 heteroatoms. The van der Waals surface area contributed by atoms with E-state index >= 15 is 0 Å². The second-order valence-electron chi connectivity index (χ2n) is 5.44. The number of aryl methyl sites for hydroxylation is 1. The van der Waals surface area contributed by atoms with Gasteiger partial charge in [-0.05, 0) is 37.1 Å². The van der Waals surface area contributed by atoms with Gasteiger partial charge in [0, 0.05) is 16.7 Å². The van der Waals surface area contributed by atoms with Gasteiger partial charge in [0.15, 0.2) is 9.34 Å². The number of thiazole rings is 1. The van der Waals surface area contributed by atoms with Crippen LogP contribution < -0.4 is 15.4 Å². The summed E-state index contributed by atoms with van der Waals surface area (Å²) in [5.74, 6) is -0.0657. The first-order valence-corrected chi connectivity index (χ1v) is 10.2. The second-order valence-corrected chi connectivity index (χ2v) is 9.11. The molecule has 1 aliphatic heterocycles. The van der Waals surface area contributed by atoms with Gasteiger partial charge in [0.25, 0.3) is 0 Å². The van der Waals surface area contributed by atoms with Gasteiger partial charge >= 0.3 is 0 Å². The summed E-state index contributed by atoms with van der Waals surface area (Å²) in [6.07, 6.45) is 1.80. The molecular weight excluding hydrogens is 416 g/mol. The summed E-state index contributed by atoms with van der Waals surface area (Å²) >= 11 is 4.36. The third kappa shape index (κ3) is 3.46. The molecule has 0 radical (unpaired) electrons. The molecule has 24 heavy (non-hydrogen) atoms. The first-order chi connectivity index (χ1) is 11.3. The van der Waals surface area contributed by atoms with Crippen LogP contribution >= 0.6 is 27.3 Å². The van der Waals surface area contributed by atoms with Crippen molar-refractivity contribution in [2.24, 2.45) is 5.14 Å². The number of carbonyl (C=O) groups excluding carboxylic acids is 1. The number of nitrogens with two attached hydrogens (primary N) is 1. The van der Waals surface area contributed by atoms with Crippen molar-refractivity contribution in [2.45, 2.75) is 23.6 Å². The number of primary sulfonamides is 1. The second kappa shape index (κ2) is 6.43. The van der Waals surface area contributed by atoms with Crippen molar-refractivity contribution >= 4 is 54.0 Å². The monoisotopic (exact) mass is 430 g/mol. The van der Waals surface area contributed by atoms with Crippen LogP contribution in [0.3, 0.4) is 0 Å². The zero-order chi connectivity index (χ0) is 17.5. The van der Waals surface area contributed by atoms with E-state index in [9.17, 15) is 13.2 Å². The average molecular weight is 431 g/mol. The van der Waals surface area contributed by atoms with Crippen LogP contribution in [-0.4, -0.2) is 31.9 Å². The van der Waals surface area contributed by atoms with Crippen molar-refractivity contribution in [1.29, 1.82) is 0 Å². The highest BCUT2D eigenvalue weighted by Crippen LogP contribution is 2.29. The number of hydrogen-bond acceptors (Lipinski definition) is 6. The SMILES string of the molecule is Cc1cc(N2CCC(Nc3ncc(S(N)(=O)=O)s3)C2=O)ccc1Br.